The third-order valence-corrected chi connectivity index (χ3v) is 3.66. The summed E-state index contributed by atoms with van der Waals surface area (Å²) >= 11 is 2.33. The van der Waals surface area contributed by atoms with Gasteiger partial charge in [-0.2, -0.15) is 0 Å². The number of nitrogens with zero attached hydrogens (tertiary/aromatic N) is 2. The summed E-state index contributed by atoms with van der Waals surface area (Å²) in [6.07, 6.45) is 6.50. The maximum Gasteiger partial charge on any atom is 0.0951 e. The lowest BCUT2D eigenvalue weighted by Crippen LogP contribution is -2.05. The molecule has 17 heavy (non-hydrogen) atoms. The first kappa shape index (κ1) is 11.1. The number of hydrogen-bond donors (Lipinski definition) is 1. The molecule has 3 rings (SSSR count). The average Bonchev–Trinajstić information content (AvgIpc) is 3.06. The number of hydrogen-bond acceptors (Lipinski definition) is 2. The van der Waals surface area contributed by atoms with Gasteiger partial charge in [-0.25, -0.2) is 4.98 Å². The van der Waals surface area contributed by atoms with Gasteiger partial charge < -0.3 is 9.88 Å². The Labute approximate surface area is 114 Å². The van der Waals surface area contributed by atoms with Gasteiger partial charge in [0.2, 0.25) is 0 Å². The molecule has 0 amide bonds. The van der Waals surface area contributed by atoms with Crippen LogP contribution in [0, 0.1) is 3.57 Å². The summed E-state index contributed by atoms with van der Waals surface area (Å²) in [5.74, 6) is 0. The van der Waals surface area contributed by atoms with Crippen LogP contribution in [-0.2, 0) is 6.54 Å². The lowest BCUT2D eigenvalue weighted by Gasteiger charge is -2.09. The first-order valence-corrected chi connectivity index (χ1v) is 6.91. The van der Waals surface area contributed by atoms with Crippen molar-refractivity contribution in [1.82, 2.24) is 9.55 Å². The highest BCUT2D eigenvalue weighted by Crippen LogP contribution is 2.35. The molecule has 0 radical (unpaired) electrons. The summed E-state index contributed by atoms with van der Waals surface area (Å²) in [5, 5.41) is 3.45. The van der Waals surface area contributed by atoms with Gasteiger partial charge in [-0.05, 0) is 53.6 Å². The maximum absolute atomic E-state index is 4.23. The van der Waals surface area contributed by atoms with Crippen molar-refractivity contribution in [2.75, 3.05) is 5.32 Å². The topological polar surface area (TPSA) is 29.9 Å². The van der Waals surface area contributed by atoms with E-state index in [0.29, 0.717) is 6.04 Å². The highest BCUT2D eigenvalue weighted by Gasteiger charge is 2.24. The number of aromatic nitrogens is 2. The number of halogens is 1. The van der Waals surface area contributed by atoms with E-state index in [4.69, 9.17) is 0 Å². The zero-order valence-electron chi connectivity index (χ0n) is 9.44. The summed E-state index contributed by atoms with van der Waals surface area (Å²) < 4.78 is 3.55. The Morgan fingerprint density at radius 3 is 3.06 bits per heavy atom. The first-order chi connectivity index (χ1) is 8.33. The molecule has 1 aromatic carbocycles. The van der Waals surface area contributed by atoms with Gasteiger partial charge >= 0.3 is 0 Å². The minimum Gasteiger partial charge on any atom is -0.379 e. The third kappa shape index (κ3) is 2.62. The van der Waals surface area contributed by atoms with Gasteiger partial charge in [0.05, 0.1) is 18.6 Å². The molecule has 88 valence electrons. The fourth-order valence-electron chi connectivity index (χ4n) is 1.94. The first-order valence-electron chi connectivity index (χ1n) is 5.83. The van der Waals surface area contributed by atoms with Gasteiger partial charge in [-0.1, -0.05) is 6.07 Å². The predicted octanol–water partition coefficient (Wildman–Crippen LogP) is 3.43. The smallest absolute Gasteiger partial charge is 0.0951 e. The summed E-state index contributed by atoms with van der Waals surface area (Å²) in [6, 6.07) is 9.12. The molecule has 2 aromatic rings. The van der Waals surface area contributed by atoms with Crippen molar-refractivity contribution in [3.8, 4) is 0 Å². The Balaban J connectivity index is 1.69. The molecule has 0 spiro atoms. The Morgan fingerprint density at radius 2 is 2.29 bits per heavy atom. The van der Waals surface area contributed by atoms with Gasteiger partial charge in [0, 0.05) is 21.5 Å². The van der Waals surface area contributed by atoms with Gasteiger partial charge in [0.1, 0.15) is 0 Å². The molecule has 3 nitrogen and oxygen atoms in total. The number of anilines is 1. The van der Waals surface area contributed by atoms with Crippen LogP contribution in [0.3, 0.4) is 0 Å². The highest BCUT2D eigenvalue weighted by molar-refractivity contribution is 14.1. The quantitative estimate of drug-likeness (QED) is 0.865. The summed E-state index contributed by atoms with van der Waals surface area (Å²) in [6.45, 7) is 0.844. The molecule has 1 N–H and O–H groups in total. The van der Waals surface area contributed by atoms with Crippen molar-refractivity contribution in [2.24, 2.45) is 0 Å². The average molecular weight is 339 g/mol. The standard InChI is InChI=1S/C13H14IN3/c14-10-2-1-3-11(6-10)16-8-13-7-15-9-17(13)12-4-5-12/h1-3,6-7,9,12,16H,4-5,8H2. The molecular formula is C13H14IN3. The van der Waals surface area contributed by atoms with Crippen LogP contribution in [0.4, 0.5) is 5.69 Å². The zero-order chi connectivity index (χ0) is 11.7. The molecule has 0 unspecified atom stereocenters. The molecule has 1 aliphatic rings. The Hall–Kier alpha value is -1.04. The molecular weight excluding hydrogens is 325 g/mol. The van der Waals surface area contributed by atoms with E-state index >= 15 is 0 Å². The van der Waals surface area contributed by atoms with Crippen molar-refractivity contribution >= 4 is 28.3 Å². The zero-order valence-corrected chi connectivity index (χ0v) is 11.6. The predicted molar refractivity (Wildman–Crippen MR) is 77.0 cm³/mol. The molecule has 0 atom stereocenters. The molecule has 0 aliphatic heterocycles. The monoisotopic (exact) mass is 339 g/mol. The van der Waals surface area contributed by atoms with E-state index in [1.807, 2.05) is 12.5 Å². The summed E-state index contributed by atoms with van der Waals surface area (Å²) in [7, 11) is 0. The molecule has 1 aromatic heterocycles. The second kappa shape index (κ2) is 4.68. The molecule has 4 heteroatoms. The van der Waals surface area contributed by atoms with E-state index in [1.54, 1.807) is 0 Å². The SMILES string of the molecule is Ic1cccc(NCc2cncn2C2CC2)c1. The second-order valence-electron chi connectivity index (χ2n) is 4.39. The molecule has 1 saturated carbocycles. The third-order valence-electron chi connectivity index (χ3n) is 2.98. The van der Waals surface area contributed by atoms with Crippen LogP contribution in [0.25, 0.3) is 0 Å². The number of nitrogens with one attached hydrogen (secondary N) is 1. The Bertz CT molecular complexity index is 517. The normalized spacial score (nSPS) is 14.9. The van der Waals surface area contributed by atoms with Crippen LogP contribution in [0.15, 0.2) is 36.8 Å². The molecule has 0 bridgehead atoms. The van der Waals surface area contributed by atoms with Crippen molar-refractivity contribution < 1.29 is 0 Å². The van der Waals surface area contributed by atoms with Gasteiger partial charge in [-0.3, -0.25) is 0 Å². The lowest BCUT2D eigenvalue weighted by atomic mass is 10.3. The van der Waals surface area contributed by atoms with E-state index in [2.05, 4.69) is 61.7 Å². The van der Waals surface area contributed by atoms with Crippen LogP contribution in [0.1, 0.15) is 24.6 Å². The lowest BCUT2D eigenvalue weighted by molar-refractivity contribution is 0.701. The van der Waals surface area contributed by atoms with E-state index < -0.39 is 0 Å². The molecule has 0 saturated heterocycles. The minimum absolute atomic E-state index is 0.699. The number of benzene rings is 1. The van der Waals surface area contributed by atoms with Gasteiger partial charge in [-0.15, -0.1) is 0 Å². The second-order valence-corrected chi connectivity index (χ2v) is 5.63. The van der Waals surface area contributed by atoms with Crippen molar-refractivity contribution in [3.05, 3.63) is 46.1 Å². The van der Waals surface area contributed by atoms with Crippen LogP contribution in [-0.4, -0.2) is 9.55 Å². The van der Waals surface area contributed by atoms with E-state index in [0.717, 1.165) is 6.54 Å². The minimum atomic E-state index is 0.699. The van der Waals surface area contributed by atoms with Crippen LogP contribution >= 0.6 is 22.6 Å². The van der Waals surface area contributed by atoms with Crippen LogP contribution < -0.4 is 5.32 Å². The van der Waals surface area contributed by atoms with Crippen molar-refractivity contribution in [1.29, 1.82) is 0 Å². The molecule has 1 aliphatic carbocycles. The van der Waals surface area contributed by atoms with Gasteiger partial charge in [0.25, 0.3) is 0 Å². The summed E-state index contributed by atoms with van der Waals surface area (Å²) in [4.78, 5) is 4.23. The van der Waals surface area contributed by atoms with Crippen LogP contribution in [0.2, 0.25) is 0 Å². The fraction of sp³-hybridized carbons (Fsp3) is 0.308. The number of rotatable bonds is 4. The van der Waals surface area contributed by atoms with E-state index in [1.165, 1.54) is 27.8 Å². The largest absolute Gasteiger partial charge is 0.379 e. The van der Waals surface area contributed by atoms with Crippen molar-refractivity contribution in [2.45, 2.75) is 25.4 Å². The Kier molecular flexibility index (Phi) is 3.05. The Morgan fingerprint density at radius 1 is 1.41 bits per heavy atom. The van der Waals surface area contributed by atoms with Gasteiger partial charge in [0.15, 0.2) is 0 Å². The number of imidazole rings is 1. The van der Waals surface area contributed by atoms with Crippen LogP contribution in [0.5, 0.6) is 0 Å². The van der Waals surface area contributed by atoms with E-state index in [-0.39, 0.29) is 0 Å². The summed E-state index contributed by atoms with van der Waals surface area (Å²) in [5.41, 5.74) is 2.44. The maximum atomic E-state index is 4.23. The fourth-order valence-corrected chi connectivity index (χ4v) is 2.48. The molecule has 1 heterocycles. The molecule has 1 fully saturated rings. The van der Waals surface area contributed by atoms with Crippen molar-refractivity contribution in [3.63, 3.8) is 0 Å². The van der Waals surface area contributed by atoms with E-state index in [9.17, 15) is 0 Å². The highest BCUT2D eigenvalue weighted by atomic mass is 127.